The zero-order valence-corrected chi connectivity index (χ0v) is 21.5. The SMILES string of the molecule is Cc1[nH]c(/C=C2\C(=O)Nc3ccc(C(=O)NC(C)(C)Cc4ccccc4)cc32)c(C)c1NC(=O)CCl. The van der Waals surface area contributed by atoms with Crippen LogP contribution in [0.5, 0.6) is 0 Å². The van der Waals surface area contributed by atoms with Crippen LogP contribution in [0.4, 0.5) is 11.4 Å². The number of amides is 3. The van der Waals surface area contributed by atoms with Gasteiger partial charge in [0.25, 0.3) is 11.8 Å². The van der Waals surface area contributed by atoms with Crippen LogP contribution in [0.2, 0.25) is 0 Å². The summed E-state index contributed by atoms with van der Waals surface area (Å²) in [5.74, 6) is -0.931. The predicted octanol–water partition coefficient (Wildman–Crippen LogP) is 5.05. The van der Waals surface area contributed by atoms with Crippen molar-refractivity contribution in [1.82, 2.24) is 10.3 Å². The highest BCUT2D eigenvalue weighted by Gasteiger charge is 2.28. The van der Waals surface area contributed by atoms with E-state index in [1.807, 2.05) is 58.0 Å². The molecule has 0 unspecified atom stereocenters. The van der Waals surface area contributed by atoms with Gasteiger partial charge in [0.05, 0.1) is 11.3 Å². The summed E-state index contributed by atoms with van der Waals surface area (Å²) in [6, 6.07) is 15.2. The normalized spacial score (nSPS) is 13.9. The summed E-state index contributed by atoms with van der Waals surface area (Å²) in [5.41, 5.74) is 5.72. The quantitative estimate of drug-likeness (QED) is 0.267. The number of H-pyrrole nitrogens is 1. The van der Waals surface area contributed by atoms with Crippen LogP contribution in [0.3, 0.4) is 0 Å². The number of nitrogens with one attached hydrogen (secondary N) is 4. The second kappa shape index (κ2) is 10.0. The third-order valence-electron chi connectivity index (χ3n) is 6.16. The maximum atomic E-state index is 13.1. The Bertz CT molecular complexity index is 1370. The standard InChI is InChI=1S/C28H29ClN4O3/c1-16-23(30-17(2)25(16)32-24(34)15-29)13-21-20-12-19(10-11-22(20)31-27(21)36)26(35)33-28(3,4)14-18-8-6-5-7-9-18/h5-13,30H,14-15H2,1-4H3,(H,31,36)(H,32,34)(H,33,35)/b21-13-. The Morgan fingerprint density at radius 3 is 2.50 bits per heavy atom. The van der Waals surface area contributed by atoms with Crippen molar-refractivity contribution >= 4 is 52.3 Å². The molecule has 0 saturated carbocycles. The molecule has 7 nitrogen and oxygen atoms in total. The van der Waals surface area contributed by atoms with E-state index in [0.29, 0.717) is 40.2 Å². The molecule has 0 spiro atoms. The minimum Gasteiger partial charge on any atom is -0.357 e. The Kier molecular flexibility index (Phi) is 7.04. The molecule has 0 radical (unpaired) electrons. The highest BCUT2D eigenvalue weighted by molar-refractivity contribution is 6.35. The number of hydrogen-bond acceptors (Lipinski definition) is 3. The monoisotopic (exact) mass is 504 g/mol. The molecule has 0 bridgehead atoms. The van der Waals surface area contributed by atoms with E-state index in [9.17, 15) is 14.4 Å². The molecule has 4 N–H and O–H groups in total. The largest absolute Gasteiger partial charge is 0.357 e. The van der Waals surface area contributed by atoms with Crippen LogP contribution in [0, 0.1) is 13.8 Å². The highest BCUT2D eigenvalue weighted by Crippen LogP contribution is 2.35. The van der Waals surface area contributed by atoms with Gasteiger partial charge >= 0.3 is 0 Å². The molecule has 0 aliphatic carbocycles. The number of rotatable bonds is 7. The fraction of sp³-hybridized carbons (Fsp3) is 0.250. The fourth-order valence-corrected chi connectivity index (χ4v) is 4.49. The third kappa shape index (κ3) is 5.36. The lowest BCUT2D eigenvalue weighted by Crippen LogP contribution is -2.45. The first-order chi connectivity index (χ1) is 17.1. The molecule has 1 aromatic heterocycles. The summed E-state index contributed by atoms with van der Waals surface area (Å²) >= 11 is 5.63. The predicted molar refractivity (Wildman–Crippen MR) is 144 cm³/mol. The molecule has 8 heteroatoms. The zero-order valence-electron chi connectivity index (χ0n) is 20.7. The van der Waals surface area contributed by atoms with Gasteiger partial charge in [-0.15, -0.1) is 11.6 Å². The second-order valence-electron chi connectivity index (χ2n) is 9.62. The van der Waals surface area contributed by atoms with Gasteiger partial charge in [-0.3, -0.25) is 14.4 Å². The van der Waals surface area contributed by atoms with E-state index < -0.39 is 5.54 Å². The van der Waals surface area contributed by atoms with Gasteiger partial charge in [-0.05, 0) is 69.5 Å². The highest BCUT2D eigenvalue weighted by atomic mass is 35.5. The van der Waals surface area contributed by atoms with Gasteiger partial charge in [-0.2, -0.15) is 0 Å². The maximum Gasteiger partial charge on any atom is 0.256 e. The van der Waals surface area contributed by atoms with E-state index in [-0.39, 0.29) is 23.6 Å². The number of hydrogen-bond donors (Lipinski definition) is 4. The molecule has 4 rings (SSSR count). The molecule has 2 aromatic carbocycles. The molecule has 3 aromatic rings. The molecule has 186 valence electrons. The second-order valence-corrected chi connectivity index (χ2v) is 9.89. The van der Waals surface area contributed by atoms with Crippen molar-refractivity contribution in [1.29, 1.82) is 0 Å². The smallest absolute Gasteiger partial charge is 0.256 e. The minimum atomic E-state index is -0.465. The molecule has 1 aliphatic heterocycles. The van der Waals surface area contributed by atoms with Gasteiger partial charge in [0.1, 0.15) is 5.88 Å². The third-order valence-corrected chi connectivity index (χ3v) is 6.40. The van der Waals surface area contributed by atoms with Crippen LogP contribution in [0.1, 0.15) is 52.3 Å². The lowest BCUT2D eigenvalue weighted by atomic mass is 9.94. The number of aryl methyl sites for hydroxylation is 1. The van der Waals surface area contributed by atoms with Crippen molar-refractivity contribution in [2.24, 2.45) is 0 Å². The van der Waals surface area contributed by atoms with Crippen molar-refractivity contribution in [2.75, 3.05) is 16.5 Å². The summed E-state index contributed by atoms with van der Waals surface area (Å²) in [7, 11) is 0. The van der Waals surface area contributed by atoms with E-state index >= 15 is 0 Å². The number of anilines is 2. The molecule has 0 saturated heterocycles. The molecular formula is C28H29ClN4O3. The molecule has 0 fully saturated rings. The van der Waals surface area contributed by atoms with Crippen molar-refractivity contribution in [2.45, 2.75) is 39.7 Å². The first kappa shape index (κ1) is 25.3. The molecule has 1 aliphatic rings. The van der Waals surface area contributed by atoms with Gasteiger partial charge in [-0.25, -0.2) is 0 Å². The molecule has 3 amide bonds. The zero-order chi connectivity index (χ0) is 26.0. The number of halogens is 1. The summed E-state index contributed by atoms with van der Waals surface area (Å²) in [5, 5.41) is 8.75. The van der Waals surface area contributed by atoms with Gasteiger partial charge in [0.2, 0.25) is 5.91 Å². The van der Waals surface area contributed by atoms with Crippen LogP contribution < -0.4 is 16.0 Å². The van der Waals surface area contributed by atoms with Crippen LogP contribution >= 0.6 is 11.6 Å². The Labute approximate surface area is 215 Å². The number of benzene rings is 2. The van der Waals surface area contributed by atoms with E-state index in [1.54, 1.807) is 24.3 Å². The Hall–Kier alpha value is -3.84. The van der Waals surface area contributed by atoms with Gasteiger partial charge in [0.15, 0.2) is 0 Å². The number of alkyl halides is 1. The molecule has 2 heterocycles. The van der Waals surface area contributed by atoms with Gasteiger partial charge in [-0.1, -0.05) is 30.3 Å². The summed E-state index contributed by atoms with van der Waals surface area (Å²) in [4.78, 5) is 40.9. The van der Waals surface area contributed by atoms with Crippen LogP contribution in [0.25, 0.3) is 11.6 Å². The van der Waals surface area contributed by atoms with E-state index in [1.165, 1.54) is 0 Å². The van der Waals surface area contributed by atoms with E-state index in [2.05, 4.69) is 20.9 Å². The number of carbonyl (C=O) groups is 3. The lowest BCUT2D eigenvalue weighted by Gasteiger charge is -2.26. The molecule has 0 atom stereocenters. The minimum absolute atomic E-state index is 0.150. The van der Waals surface area contributed by atoms with Crippen molar-refractivity contribution in [3.63, 3.8) is 0 Å². The lowest BCUT2D eigenvalue weighted by molar-refractivity contribution is -0.114. The fourth-order valence-electron chi connectivity index (χ4n) is 4.43. The van der Waals surface area contributed by atoms with Crippen LogP contribution in [-0.2, 0) is 16.0 Å². The topological polar surface area (TPSA) is 103 Å². The number of carbonyl (C=O) groups excluding carboxylic acids is 3. The first-order valence-electron chi connectivity index (χ1n) is 11.7. The Balaban J connectivity index is 1.60. The number of fused-ring (bicyclic) bond motifs is 1. The first-order valence-corrected chi connectivity index (χ1v) is 12.2. The van der Waals surface area contributed by atoms with Crippen LogP contribution in [0.15, 0.2) is 48.5 Å². The van der Waals surface area contributed by atoms with Crippen molar-refractivity contribution < 1.29 is 14.4 Å². The van der Waals surface area contributed by atoms with E-state index in [0.717, 1.165) is 16.8 Å². The van der Waals surface area contributed by atoms with Gasteiger partial charge in [0, 0.05) is 33.7 Å². The summed E-state index contributed by atoms with van der Waals surface area (Å²) in [6.45, 7) is 7.66. The van der Waals surface area contributed by atoms with E-state index in [4.69, 9.17) is 11.6 Å². The van der Waals surface area contributed by atoms with Crippen molar-refractivity contribution in [3.8, 4) is 0 Å². The number of aromatic nitrogens is 1. The van der Waals surface area contributed by atoms with Crippen LogP contribution in [-0.4, -0.2) is 34.1 Å². The summed E-state index contributed by atoms with van der Waals surface area (Å²) < 4.78 is 0. The average Bonchev–Trinajstić information content (AvgIpc) is 3.28. The summed E-state index contributed by atoms with van der Waals surface area (Å²) in [6.07, 6.45) is 2.42. The Morgan fingerprint density at radius 1 is 1.08 bits per heavy atom. The average molecular weight is 505 g/mol. The van der Waals surface area contributed by atoms with Gasteiger partial charge < -0.3 is 20.9 Å². The molecular weight excluding hydrogens is 476 g/mol. The maximum absolute atomic E-state index is 13.1. The Morgan fingerprint density at radius 2 is 1.81 bits per heavy atom. The number of aromatic amines is 1. The molecule has 36 heavy (non-hydrogen) atoms. The van der Waals surface area contributed by atoms with Crippen molar-refractivity contribution in [3.05, 3.63) is 82.2 Å².